The first-order chi connectivity index (χ1) is 10.7. The fraction of sp³-hybridized carbons (Fsp3) is 0.444. The molecule has 0 unspecified atom stereocenters. The van der Waals surface area contributed by atoms with Crippen molar-refractivity contribution in [3.05, 3.63) is 57.5 Å². The quantitative estimate of drug-likeness (QED) is 0.800. The maximum atomic E-state index is 12.1. The van der Waals surface area contributed by atoms with E-state index in [1.54, 1.807) is 6.07 Å². The van der Waals surface area contributed by atoms with Crippen molar-refractivity contribution in [1.82, 2.24) is 15.1 Å². The number of hydrogen-bond donors (Lipinski definition) is 1. The lowest BCUT2D eigenvalue weighted by Gasteiger charge is -2.14. The third kappa shape index (κ3) is 3.83. The summed E-state index contributed by atoms with van der Waals surface area (Å²) in [6.45, 7) is 7.64. The zero-order valence-corrected chi connectivity index (χ0v) is 13.7. The summed E-state index contributed by atoms with van der Waals surface area (Å²) in [5, 5.41) is 7.88. The third-order valence-electron chi connectivity index (χ3n) is 3.78. The molecule has 1 aromatic heterocycles. The molecule has 0 saturated carbocycles. The Morgan fingerprint density at radius 3 is 2.73 bits per heavy atom. The number of rotatable bonds is 7. The van der Waals surface area contributed by atoms with Gasteiger partial charge in [-0.15, -0.1) is 0 Å². The number of aromatic nitrogens is 2. The molecule has 0 aliphatic carbocycles. The number of aryl methyl sites for hydroxylation is 2. The number of unbranched alkanes of at least 4 members (excludes halogenated alkanes) is 1. The Bertz CT molecular complexity index is 676. The van der Waals surface area contributed by atoms with E-state index in [0.29, 0.717) is 12.2 Å². The predicted molar refractivity (Wildman–Crippen MR) is 90.6 cm³/mol. The Hall–Kier alpha value is -1.94. The normalized spacial score (nSPS) is 10.9. The van der Waals surface area contributed by atoms with Crippen molar-refractivity contribution in [3.8, 4) is 5.69 Å². The SMILES string of the molecule is CCCCNCc1nn(-c2ccccc2CC)c(C)cc1=O. The molecule has 0 saturated heterocycles. The first-order valence-corrected chi connectivity index (χ1v) is 8.06. The second-order valence-corrected chi connectivity index (χ2v) is 5.52. The minimum Gasteiger partial charge on any atom is -0.311 e. The van der Waals surface area contributed by atoms with Crippen LogP contribution < -0.4 is 10.7 Å². The summed E-state index contributed by atoms with van der Waals surface area (Å²) in [5.74, 6) is 0. The molecule has 22 heavy (non-hydrogen) atoms. The first-order valence-electron chi connectivity index (χ1n) is 8.06. The smallest absolute Gasteiger partial charge is 0.204 e. The molecule has 0 spiro atoms. The topological polar surface area (TPSA) is 46.9 Å². The second kappa shape index (κ2) is 7.90. The molecule has 1 aromatic carbocycles. The lowest BCUT2D eigenvalue weighted by atomic mass is 10.1. The van der Waals surface area contributed by atoms with Crippen molar-refractivity contribution in [2.24, 2.45) is 0 Å². The number of para-hydroxylation sites is 1. The van der Waals surface area contributed by atoms with Gasteiger partial charge in [-0.25, -0.2) is 4.68 Å². The minimum absolute atomic E-state index is 0.00623. The first kappa shape index (κ1) is 16.4. The van der Waals surface area contributed by atoms with Gasteiger partial charge in [-0.05, 0) is 37.9 Å². The zero-order valence-electron chi connectivity index (χ0n) is 13.7. The summed E-state index contributed by atoms with van der Waals surface area (Å²) in [6, 6.07) is 9.88. The number of nitrogens with zero attached hydrogens (tertiary/aromatic N) is 2. The fourth-order valence-corrected chi connectivity index (χ4v) is 2.47. The van der Waals surface area contributed by atoms with Crippen LogP contribution in [0.25, 0.3) is 5.69 Å². The van der Waals surface area contributed by atoms with Gasteiger partial charge in [0.2, 0.25) is 5.43 Å². The summed E-state index contributed by atoms with van der Waals surface area (Å²) in [5.41, 5.74) is 3.73. The number of nitrogens with one attached hydrogen (secondary N) is 1. The average molecular weight is 299 g/mol. The zero-order chi connectivity index (χ0) is 15.9. The van der Waals surface area contributed by atoms with Crippen molar-refractivity contribution < 1.29 is 0 Å². The lowest BCUT2D eigenvalue weighted by Crippen LogP contribution is -2.25. The van der Waals surface area contributed by atoms with Crippen LogP contribution in [0.1, 0.15) is 43.6 Å². The predicted octanol–water partition coefficient (Wildman–Crippen LogP) is 2.99. The molecule has 4 heteroatoms. The van der Waals surface area contributed by atoms with E-state index in [-0.39, 0.29) is 5.43 Å². The van der Waals surface area contributed by atoms with Crippen molar-refractivity contribution >= 4 is 0 Å². The van der Waals surface area contributed by atoms with Gasteiger partial charge in [-0.3, -0.25) is 4.79 Å². The van der Waals surface area contributed by atoms with Crippen molar-refractivity contribution in [2.45, 2.75) is 46.6 Å². The van der Waals surface area contributed by atoms with Gasteiger partial charge < -0.3 is 5.32 Å². The van der Waals surface area contributed by atoms with E-state index in [9.17, 15) is 4.79 Å². The van der Waals surface area contributed by atoms with Crippen molar-refractivity contribution in [3.63, 3.8) is 0 Å². The molecule has 118 valence electrons. The van der Waals surface area contributed by atoms with Gasteiger partial charge in [-0.1, -0.05) is 38.5 Å². The maximum Gasteiger partial charge on any atom is 0.204 e. The second-order valence-electron chi connectivity index (χ2n) is 5.52. The standard InChI is InChI=1S/C18H25N3O/c1-4-6-11-19-13-16-18(22)12-14(3)21(20-16)17-10-8-7-9-15(17)5-2/h7-10,12,19H,4-6,11,13H2,1-3H3. The monoisotopic (exact) mass is 299 g/mol. The van der Waals surface area contributed by atoms with Crippen LogP contribution in [0.15, 0.2) is 35.1 Å². The maximum absolute atomic E-state index is 12.1. The highest BCUT2D eigenvalue weighted by Gasteiger charge is 2.09. The van der Waals surface area contributed by atoms with E-state index in [4.69, 9.17) is 0 Å². The van der Waals surface area contributed by atoms with Crippen molar-refractivity contribution in [1.29, 1.82) is 0 Å². The Morgan fingerprint density at radius 1 is 1.23 bits per heavy atom. The van der Waals surface area contributed by atoms with Crippen LogP contribution in [-0.4, -0.2) is 16.3 Å². The van der Waals surface area contributed by atoms with Crippen LogP contribution in [0.4, 0.5) is 0 Å². The van der Waals surface area contributed by atoms with Gasteiger partial charge >= 0.3 is 0 Å². The van der Waals surface area contributed by atoms with Crippen LogP contribution in [0.3, 0.4) is 0 Å². The molecule has 0 bridgehead atoms. The number of hydrogen-bond acceptors (Lipinski definition) is 3. The Labute approximate surface area is 132 Å². The molecular weight excluding hydrogens is 274 g/mol. The third-order valence-corrected chi connectivity index (χ3v) is 3.78. The van der Waals surface area contributed by atoms with Crippen LogP contribution in [-0.2, 0) is 13.0 Å². The van der Waals surface area contributed by atoms with Crippen LogP contribution >= 0.6 is 0 Å². The molecule has 1 heterocycles. The van der Waals surface area contributed by atoms with Gasteiger partial charge in [0.1, 0.15) is 5.69 Å². The average Bonchev–Trinajstić information content (AvgIpc) is 2.53. The Kier molecular flexibility index (Phi) is 5.90. The van der Waals surface area contributed by atoms with Crippen LogP contribution in [0, 0.1) is 6.92 Å². The molecule has 0 aliphatic rings. The number of benzene rings is 1. The summed E-state index contributed by atoms with van der Waals surface area (Å²) in [6.07, 6.45) is 3.19. The largest absolute Gasteiger partial charge is 0.311 e. The molecule has 4 nitrogen and oxygen atoms in total. The van der Waals surface area contributed by atoms with E-state index in [1.165, 1.54) is 5.56 Å². The summed E-state index contributed by atoms with van der Waals surface area (Å²) >= 11 is 0. The van der Waals surface area contributed by atoms with E-state index in [1.807, 2.05) is 23.7 Å². The summed E-state index contributed by atoms with van der Waals surface area (Å²) < 4.78 is 1.89. The van der Waals surface area contributed by atoms with E-state index < -0.39 is 0 Å². The summed E-state index contributed by atoms with van der Waals surface area (Å²) in [4.78, 5) is 12.1. The molecular formula is C18H25N3O. The summed E-state index contributed by atoms with van der Waals surface area (Å²) in [7, 11) is 0. The van der Waals surface area contributed by atoms with Crippen LogP contribution in [0.2, 0.25) is 0 Å². The van der Waals surface area contributed by atoms with Crippen LogP contribution in [0.5, 0.6) is 0 Å². The van der Waals surface area contributed by atoms with Gasteiger partial charge in [-0.2, -0.15) is 5.10 Å². The lowest BCUT2D eigenvalue weighted by molar-refractivity contribution is 0.614. The molecule has 0 radical (unpaired) electrons. The van der Waals surface area contributed by atoms with Crippen molar-refractivity contribution in [2.75, 3.05) is 6.54 Å². The Balaban J connectivity index is 2.34. The molecule has 1 N–H and O–H groups in total. The van der Waals surface area contributed by atoms with E-state index >= 15 is 0 Å². The highest BCUT2D eigenvalue weighted by Crippen LogP contribution is 2.15. The molecule has 0 atom stereocenters. The highest BCUT2D eigenvalue weighted by molar-refractivity contribution is 5.41. The molecule has 0 amide bonds. The van der Waals surface area contributed by atoms with E-state index in [2.05, 4.69) is 36.4 Å². The molecule has 2 aromatic rings. The van der Waals surface area contributed by atoms with Gasteiger partial charge in [0.25, 0.3) is 0 Å². The molecule has 0 fully saturated rings. The minimum atomic E-state index is 0.00623. The molecule has 2 rings (SSSR count). The Morgan fingerprint density at radius 2 is 2.00 bits per heavy atom. The fourth-order valence-electron chi connectivity index (χ4n) is 2.47. The highest BCUT2D eigenvalue weighted by atomic mass is 16.1. The van der Waals surface area contributed by atoms with Gasteiger partial charge in [0.05, 0.1) is 5.69 Å². The van der Waals surface area contributed by atoms with Gasteiger partial charge in [0, 0.05) is 18.3 Å². The van der Waals surface area contributed by atoms with Gasteiger partial charge in [0.15, 0.2) is 0 Å². The van der Waals surface area contributed by atoms with E-state index in [0.717, 1.165) is 37.2 Å². The molecule has 0 aliphatic heterocycles.